The van der Waals surface area contributed by atoms with Gasteiger partial charge in [0.15, 0.2) is 11.6 Å². The molecule has 104 heavy (non-hydrogen) atoms. The van der Waals surface area contributed by atoms with Crippen LogP contribution in [0.5, 0.6) is 0 Å². The highest BCUT2D eigenvalue weighted by Gasteiger charge is 2.48. The van der Waals surface area contributed by atoms with Crippen LogP contribution < -0.4 is 11.5 Å². The summed E-state index contributed by atoms with van der Waals surface area (Å²) in [4.78, 5) is 122. The van der Waals surface area contributed by atoms with Gasteiger partial charge in [-0.3, -0.25) is 48.2 Å². The Morgan fingerprint density at radius 2 is 0.846 bits per heavy atom. The lowest BCUT2D eigenvalue weighted by molar-refractivity contribution is -0.150. The first kappa shape index (κ1) is 92.8. The first-order chi connectivity index (χ1) is 48.5. The van der Waals surface area contributed by atoms with Crippen molar-refractivity contribution in [2.45, 2.75) is 258 Å². The first-order valence-electron chi connectivity index (χ1n) is 38.2. The van der Waals surface area contributed by atoms with Crippen LogP contribution in [0.25, 0.3) is 0 Å². The van der Waals surface area contributed by atoms with Crippen molar-refractivity contribution in [2.75, 3.05) is 90.4 Å². The number of rotatable bonds is 43. The fourth-order valence-corrected chi connectivity index (χ4v) is 15.1. The number of methoxy groups -OCH3 is 4. The summed E-state index contributed by atoms with van der Waals surface area (Å²) in [5.41, 5.74) is 11.7. The van der Waals surface area contributed by atoms with Crippen molar-refractivity contribution in [1.82, 2.24) is 29.4 Å². The maximum absolute atomic E-state index is 14.3. The van der Waals surface area contributed by atoms with Gasteiger partial charge < -0.3 is 60.2 Å². The predicted molar refractivity (Wildman–Crippen MR) is 411 cm³/mol. The minimum atomic E-state index is -0.981. The summed E-state index contributed by atoms with van der Waals surface area (Å²) in [5.74, 6) is -4.11. The highest BCUT2D eigenvalue weighted by atomic mass is 16.5. The summed E-state index contributed by atoms with van der Waals surface area (Å²) >= 11 is 0. The lowest BCUT2D eigenvalue weighted by Crippen LogP contribution is -2.58. The van der Waals surface area contributed by atoms with Crippen LogP contribution in [-0.4, -0.2) is 242 Å². The van der Waals surface area contributed by atoms with Crippen molar-refractivity contribution in [3.63, 3.8) is 0 Å². The molecule has 2 aliphatic rings. The molecule has 19 atom stereocenters. The molecule has 0 radical (unpaired) electrons. The molecule has 22 heteroatoms. The maximum Gasteiger partial charge on any atom is 0.228 e. The molecule has 2 aromatic rings. The number of benzene rings is 2. The summed E-state index contributed by atoms with van der Waals surface area (Å²) < 4.78 is 24.0. The number of aliphatic hydroxyl groups is 2. The zero-order chi connectivity index (χ0) is 79.2. The topological polar surface area (TPSA) is 285 Å². The molecule has 2 fully saturated rings. The smallest absolute Gasteiger partial charge is 0.228 e. The Morgan fingerprint density at radius 1 is 0.500 bits per heavy atom. The Labute approximate surface area is 626 Å². The fraction of sp³-hybridized carbons (Fsp3) is 0.756. The molecule has 4 rings (SSSR count). The molecule has 6 N–H and O–H groups in total. The van der Waals surface area contributed by atoms with E-state index in [0.717, 1.165) is 36.8 Å². The molecule has 22 nitrogen and oxygen atoms in total. The van der Waals surface area contributed by atoms with Crippen LogP contribution in [0.15, 0.2) is 60.7 Å². The van der Waals surface area contributed by atoms with Gasteiger partial charge in [0.05, 0.1) is 90.6 Å². The summed E-state index contributed by atoms with van der Waals surface area (Å²) in [6.07, 6.45) is 1.09. The molecule has 0 aliphatic carbocycles. The number of nitrogens with two attached hydrogens (primary N) is 2. The van der Waals surface area contributed by atoms with Gasteiger partial charge in [0.25, 0.3) is 0 Å². The summed E-state index contributed by atoms with van der Waals surface area (Å²) in [6, 6.07) is 17.2. The second-order valence-corrected chi connectivity index (χ2v) is 32.5. The van der Waals surface area contributed by atoms with Crippen LogP contribution in [0.4, 0.5) is 0 Å². The molecule has 2 aliphatic heterocycles. The molecule has 2 aromatic carbocycles. The van der Waals surface area contributed by atoms with Gasteiger partial charge in [-0.1, -0.05) is 136 Å². The number of carbonyl (C=O) groups excluding carboxylic acids is 8. The van der Waals surface area contributed by atoms with Crippen molar-refractivity contribution < 1.29 is 67.5 Å². The van der Waals surface area contributed by atoms with Gasteiger partial charge >= 0.3 is 0 Å². The lowest BCUT2D eigenvalue weighted by atomic mass is 9.79. The number of carbonyl (C=O) groups is 8. The molecule has 592 valence electrons. The molecule has 2 saturated heterocycles. The first-order valence-corrected chi connectivity index (χ1v) is 38.2. The number of likely N-dealkylation sites (tertiary alicyclic amines) is 2. The summed E-state index contributed by atoms with van der Waals surface area (Å²) in [6.45, 7) is 29.8. The molecular weight excluding hydrogens is 1320 g/mol. The number of aliphatic hydroxyl groups excluding tert-OH is 2. The van der Waals surface area contributed by atoms with E-state index in [9.17, 15) is 48.6 Å². The number of likely N-dealkylation sites (N-methyl/N-ethyl adjacent to an activating group) is 4. The standard InChI is InChI=1S/2C41H70N4O7/c1-14-26(2)36(44(11)39(50)30(40(5,6)42)24-34(47)41(7,8)43(9)10)33(51-12)25-35(48)45-22-18-21-31(45)38(52-13)28(4)32(46)23-27(3)37(49)29-19-16-15-17-20-29;1-13-26(2)37(44(10)40(50)31(28(4)25-42)23-35(47)41(6,7)43(8)9)34(51-11)24-36(48)45-21-17-20-32(45)39(52-12)29(5)33(46)22-27(3)38(49)30-18-15-14-16-19-30/h15-17,19-20,26-28,30-31,33,36-38,49H,14,18,21-25,42H2,1-13H3;14-16,18-19,26-29,31-32,34,37-39,49H,13,17,20-25,42H2,1-12H3/t26-,27-,28-,30+,31-,33+,36-,37+,38+;26-,27-,28?,29-,31-,32-,34+,37-,38+,39+/m00/s1. The Bertz CT molecular complexity index is 3000. The number of hydrogen-bond acceptors (Lipinski definition) is 18. The Hall–Kier alpha value is -5.40. The quantitative estimate of drug-likeness (QED) is 0.0480. The summed E-state index contributed by atoms with van der Waals surface area (Å²) in [7, 11) is 17.1. The fourth-order valence-electron chi connectivity index (χ4n) is 15.1. The minimum Gasteiger partial charge on any atom is -0.388 e. The van der Waals surface area contributed by atoms with Gasteiger partial charge in [-0.25, -0.2) is 0 Å². The SMILES string of the molecule is CC[C@H](C)[C@@H]([C@@H](CC(=O)N1CCC[C@H]1[C@H](OC)[C@@H](C)C(=O)C[C@H](C)[C@@H](O)c1ccccc1)OC)N(C)C(=O)[C@@H](CC(=O)C(C)(C)N(C)C)C(C)(C)N.CC[C@H](C)[C@@H]([C@@H](CC(=O)N1CCC[C@H]1[C@H](OC)[C@@H](C)C(=O)C[C@H](C)[C@@H](O)c1ccccc1)OC)N(C)C(=O)[C@@H](CC(=O)C(C)(C)N(C)C)C(C)CN. The van der Waals surface area contributed by atoms with Gasteiger partial charge in [-0.15, -0.1) is 0 Å². The third-order valence-corrected chi connectivity index (χ3v) is 24.1. The van der Waals surface area contributed by atoms with Crippen LogP contribution in [0.1, 0.15) is 204 Å². The largest absolute Gasteiger partial charge is 0.388 e. The van der Waals surface area contributed by atoms with E-state index in [2.05, 4.69) is 6.92 Å². The average molecular weight is 1460 g/mol. The van der Waals surface area contributed by atoms with E-state index in [1.807, 2.05) is 192 Å². The predicted octanol–water partition coefficient (Wildman–Crippen LogP) is 9.63. The second kappa shape index (κ2) is 42.4. The van der Waals surface area contributed by atoms with Crippen LogP contribution in [-0.2, 0) is 57.3 Å². The number of ether oxygens (including phenoxy) is 4. The average Bonchev–Trinajstić information content (AvgIpc) is 1.31. The van der Waals surface area contributed by atoms with Gasteiger partial charge in [0.1, 0.15) is 11.6 Å². The van der Waals surface area contributed by atoms with E-state index in [1.54, 1.807) is 66.2 Å². The van der Waals surface area contributed by atoms with Gasteiger partial charge in [-0.2, -0.15) is 0 Å². The van der Waals surface area contributed by atoms with Crippen molar-refractivity contribution >= 4 is 46.8 Å². The summed E-state index contributed by atoms with van der Waals surface area (Å²) in [5, 5.41) is 21.8. The molecule has 0 bridgehead atoms. The maximum atomic E-state index is 14.3. The lowest BCUT2D eigenvalue weighted by Gasteiger charge is -2.42. The monoisotopic (exact) mass is 1460 g/mol. The van der Waals surface area contributed by atoms with E-state index >= 15 is 0 Å². The molecule has 4 amide bonds. The Kier molecular flexibility index (Phi) is 37.8. The van der Waals surface area contributed by atoms with E-state index in [-0.39, 0.29) is 134 Å². The normalized spacial score (nSPS) is 20.2. The zero-order valence-corrected chi connectivity index (χ0v) is 68.5. The molecule has 1 unspecified atom stereocenters. The van der Waals surface area contributed by atoms with E-state index in [0.29, 0.717) is 25.9 Å². The number of ketones is 4. The van der Waals surface area contributed by atoms with E-state index < -0.39 is 89.0 Å². The van der Waals surface area contributed by atoms with Crippen molar-refractivity contribution in [3.05, 3.63) is 71.8 Å². The van der Waals surface area contributed by atoms with Gasteiger partial charge in [0.2, 0.25) is 23.6 Å². The highest BCUT2D eigenvalue weighted by Crippen LogP contribution is 2.37. The van der Waals surface area contributed by atoms with Gasteiger partial charge in [-0.05, 0) is 143 Å². The molecule has 2 heterocycles. The van der Waals surface area contributed by atoms with E-state index in [4.69, 9.17) is 30.4 Å². The van der Waals surface area contributed by atoms with Crippen LogP contribution in [0, 0.1) is 53.3 Å². The van der Waals surface area contributed by atoms with Crippen molar-refractivity contribution in [1.29, 1.82) is 0 Å². The Balaban J connectivity index is 0.000000540. The molecule has 0 spiro atoms. The van der Waals surface area contributed by atoms with Crippen LogP contribution >= 0.6 is 0 Å². The second-order valence-electron chi connectivity index (χ2n) is 32.5. The third kappa shape index (κ3) is 24.3. The van der Waals surface area contributed by atoms with Crippen molar-refractivity contribution in [2.24, 2.45) is 64.7 Å². The molecular formula is C82H140N8O14. The molecule has 0 saturated carbocycles. The van der Waals surface area contributed by atoms with Crippen molar-refractivity contribution in [3.8, 4) is 0 Å². The number of hydrogen-bond donors (Lipinski definition) is 4. The third-order valence-electron chi connectivity index (χ3n) is 24.1. The van der Waals surface area contributed by atoms with Gasteiger partial charge in [0, 0.05) is 105 Å². The van der Waals surface area contributed by atoms with Crippen LogP contribution in [0.2, 0.25) is 0 Å². The molecule has 0 aromatic heterocycles. The zero-order valence-electron chi connectivity index (χ0n) is 68.5. The number of nitrogens with zero attached hydrogens (tertiary/aromatic N) is 6. The Morgan fingerprint density at radius 3 is 1.15 bits per heavy atom. The highest BCUT2D eigenvalue weighted by molar-refractivity contribution is 5.93. The minimum absolute atomic E-state index is 0.0126. The van der Waals surface area contributed by atoms with Crippen LogP contribution in [0.3, 0.4) is 0 Å². The number of Topliss-reactive ketones (excluding diaryl/α,β-unsaturated/α-hetero) is 4. The van der Waals surface area contributed by atoms with E-state index in [1.165, 1.54) is 0 Å². The number of amides is 4.